The first-order valence-corrected chi connectivity index (χ1v) is 6.55. The van der Waals surface area contributed by atoms with Crippen LogP contribution in [0.5, 0.6) is 0 Å². The number of hydrogen-bond acceptors (Lipinski definition) is 1. The monoisotopic (exact) mass is 231 g/mol. The fourth-order valence-corrected chi connectivity index (χ4v) is 2.63. The van der Waals surface area contributed by atoms with Gasteiger partial charge < -0.3 is 5.32 Å². The van der Waals surface area contributed by atoms with E-state index in [4.69, 9.17) is 0 Å². The third kappa shape index (κ3) is 2.87. The second-order valence-electron chi connectivity index (χ2n) is 5.14. The van der Waals surface area contributed by atoms with Crippen LogP contribution in [0.15, 0.2) is 24.3 Å². The molecule has 1 atom stereocenters. The summed E-state index contributed by atoms with van der Waals surface area (Å²) in [7, 11) is 0. The number of carbonyl (C=O) groups excluding carboxylic acids is 1. The highest BCUT2D eigenvalue weighted by atomic mass is 16.1. The van der Waals surface area contributed by atoms with Crippen LogP contribution in [0.2, 0.25) is 0 Å². The van der Waals surface area contributed by atoms with E-state index in [1.807, 2.05) is 31.2 Å². The highest BCUT2D eigenvalue weighted by Crippen LogP contribution is 2.31. The number of carbonyl (C=O) groups is 1. The fourth-order valence-electron chi connectivity index (χ4n) is 2.63. The van der Waals surface area contributed by atoms with Crippen LogP contribution in [0.3, 0.4) is 0 Å². The Labute approximate surface area is 103 Å². The minimum absolute atomic E-state index is 0.136. The van der Waals surface area contributed by atoms with Gasteiger partial charge in [0.2, 0.25) is 5.91 Å². The van der Waals surface area contributed by atoms with Crippen molar-refractivity contribution in [3.63, 3.8) is 0 Å². The van der Waals surface area contributed by atoms with E-state index in [9.17, 15) is 4.79 Å². The molecule has 17 heavy (non-hydrogen) atoms. The maximum Gasteiger partial charge on any atom is 0.227 e. The molecule has 1 unspecified atom stereocenters. The predicted molar refractivity (Wildman–Crippen MR) is 70.9 cm³/mol. The quantitative estimate of drug-likeness (QED) is 0.843. The van der Waals surface area contributed by atoms with Gasteiger partial charge in [-0.1, -0.05) is 38.0 Å². The van der Waals surface area contributed by atoms with Gasteiger partial charge in [-0.2, -0.15) is 0 Å². The number of para-hydroxylation sites is 1. The molecule has 1 saturated carbocycles. The van der Waals surface area contributed by atoms with Crippen LogP contribution in [0.4, 0.5) is 5.69 Å². The summed E-state index contributed by atoms with van der Waals surface area (Å²) in [6.07, 6.45) is 4.99. The minimum Gasteiger partial charge on any atom is -0.326 e. The number of anilines is 1. The Morgan fingerprint density at radius 1 is 1.29 bits per heavy atom. The van der Waals surface area contributed by atoms with E-state index in [1.165, 1.54) is 25.7 Å². The number of amides is 1. The van der Waals surface area contributed by atoms with Crippen molar-refractivity contribution >= 4 is 11.6 Å². The summed E-state index contributed by atoms with van der Waals surface area (Å²) in [5, 5.41) is 3.05. The smallest absolute Gasteiger partial charge is 0.227 e. The van der Waals surface area contributed by atoms with Gasteiger partial charge in [0.05, 0.1) is 0 Å². The molecule has 2 heteroatoms. The molecule has 92 valence electrons. The van der Waals surface area contributed by atoms with E-state index < -0.39 is 0 Å². The molecule has 0 heterocycles. The summed E-state index contributed by atoms with van der Waals surface area (Å²) < 4.78 is 0. The Morgan fingerprint density at radius 2 is 1.94 bits per heavy atom. The molecule has 0 aromatic heterocycles. The Kier molecular flexibility index (Phi) is 3.82. The number of hydrogen-bond donors (Lipinski definition) is 1. The SMILES string of the molecule is Cc1ccccc1NC(=O)C(C)C1CCCC1. The largest absolute Gasteiger partial charge is 0.326 e. The standard InChI is InChI=1S/C15H21NO/c1-11-7-3-6-10-14(11)16-15(17)12(2)13-8-4-5-9-13/h3,6-7,10,12-13H,4-5,8-9H2,1-2H3,(H,16,17). The van der Waals surface area contributed by atoms with Crippen LogP contribution in [0.1, 0.15) is 38.2 Å². The predicted octanol–water partition coefficient (Wildman–Crippen LogP) is 3.76. The third-order valence-electron chi connectivity index (χ3n) is 3.92. The van der Waals surface area contributed by atoms with Gasteiger partial charge in [0.15, 0.2) is 0 Å². The zero-order valence-electron chi connectivity index (χ0n) is 10.7. The molecule has 2 rings (SSSR count). The Balaban J connectivity index is 1.99. The van der Waals surface area contributed by atoms with Crippen LogP contribution in [-0.2, 0) is 4.79 Å². The van der Waals surface area contributed by atoms with Crippen molar-refractivity contribution < 1.29 is 4.79 Å². The molecule has 0 spiro atoms. The molecule has 1 aliphatic carbocycles. The third-order valence-corrected chi connectivity index (χ3v) is 3.92. The number of rotatable bonds is 3. The van der Waals surface area contributed by atoms with E-state index in [-0.39, 0.29) is 11.8 Å². The van der Waals surface area contributed by atoms with Gasteiger partial charge in [0.1, 0.15) is 0 Å². The van der Waals surface area contributed by atoms with Gasteiger partial charge >= 0.3 is 0 Å². The molecule has 0 radical (unpaired) electrons. The number of benzene rings is 1. The molecule has 1 aromatic rings. The molecule has 1 amide bonds. The van der Waals surface area contributed by atoms with Gasteiger partial charge in [-0.3, -0.25) is 4.79 Å². The maximum absolute atomic E-state index is 12.1. The van der Waals surface area contributed by atoms with E-state index in [1.54, 1.807) is 0 Å². The van der Waals surface area contributed by atoms with E-state index in [0.717, 1.165) is 11.3 Å². The van der Waals surface area contributed by atoms with Crippen LogP contribution in [-0.4, -0.2) is 5.91 Å². The van der Waals surface area contributed by atoms with Gasteiger partial charge in [0, 0.05) is 11.6 Å². The van der Waals surface area contributed by atoms with Crippen molar-refractivity contribution in [1.82, 2.24) is 0 Å². The van der Waals surface area contributed by atoms with E-state index in [0.29, 0.717) is 5.92 Å². The number of nitrogens with one attached hydrogen (secondary N) is 1. The lowest BCUT2D eigenvalue weighted by Crippen LogP contribution is -2.26. The Hall–Kier alpha value is -1.31. The molecular weight excluding hydrogens is 210 g/mol. The topological polar surface area (TPSA) is 29.1 Å². The first kappa shape index (κ1) is 12.2. The molecule has 1 fully saturated rings. The highest BCUT2D eigenvalue weighted by Gasteiger charge is 2.26. The van der Waals surface area contributed by atoms with Gasteiger partial charge in [-0.25, -0.2) is 0 Å². The normalized spacial score (nSPS) is 18.0. The van der Waals surface area contributed by atoms with Crippen molar-refractivity contribution in [1.29, 1.82) is 0 Å². The molecular formula is C15H21NO. The number of aryl methyl sites for hydroxylation is 1. The van der Waals surface area contributed by atoms with Crippen LogP contribution in [0, 0.1) is 18.8 Å². The maximum atomic E-state index is 12.1. The average Bonchev–Trinajstić information content (AvgIpc) is 2.84. The summed E-state index contributed by atoms with van der Waals surface area (Å²) in [4.78, 5) is 12.1. The zero-order chi connectivity index (χ0) is 12.3. The molecule has 1 aliphatic rings. The van der Waals surface area contributed by atoms with Crippen molar-refractivity contribution in [2.24, 2.45) is 11.8 Å². The molecule has 2 nitrogen and oxygen atoms in total. The fraction of sp³-hybridized carbons (Fsp3) is 0.533. The lowest BCUT2D eigenvalue weighted by molar-refractivity contribution is -0.120. The van der Waals surface area contributed by atoms with Crippen LogP contribution >= 0.6 is 0 Å². The van der Waals surface area contributed by atoms with Crippen molar-refractivity contribution in [3.05, 3.63) is 29.8 Å². The Morgan fingerprint density at radius 3 is 2.59 bits per heavy atom. The summed E-state index contributed by atoms with van der Waals surface area (Å²) in [6.45, 7) is 4.08. The first-order chi connectivity index (χ1) is 8.18. The molecule has 1 aromatic carbocycles. The summed E-state index contributed by atoms with van der Waals surface area (Å²) >= 11 is 0. The average molecular weight is 231 g/mol. The second-order valence-corrected chi connectivity index (χ2v) is 5.14. The summed E-state index contributed by atoms with van der Waals surface area (Å²) in [5.41, 5.74) is 2.07. The molecule has 0 aliphatic heterocycles. The van der Waals surface area contributed by atoms with Crippen molar-refractivity contribution in [2.75, 3.05) is 5.32 Å². The lowest BCUT2D eigenvalue weighted by atomic mass is 9.92. The first-order valence-electron chi connectivity index (χ1n) is 6.55. The second kappa shape index (κ2) is 5.35. The van der Waals surface area contributed by atoms with Gasteiger partial charge in [-0.05, 0) is 37.3 Å². The van der Waals surface area contributed by atoms with E-state index >= 15 is 0 Å². The van der Waals surface area contributed by atoms with Crippen LogP contribution in [0.25, 0.3) is 0 Å². The lowest BCUT2D eigenvalue weighted by Gasteiger charge is -2.18. The summed E-state index contributed by atoms with van der Waals surface area (Å²) in [5.74, 6) is 0.891. The van der Waals surface area contributed by atoms with Crippen molar-refractivity contribution in [2.45, 2.75) is 39.5 Å². The highest BCUT2D eigenvalue weighted by molar-refractivity contribution is 5.93. The van der Waals surface area contributed by atoms with Gasteiger partial charge in [-0.15, -0.1) is 0 Å². The summed E-state index contributed by atoms with van der Waals surface area (Å²) in [6, 6.07) is 7.94. The molecule has 0 saturated heterocycles. The minimum atomic E-state index is 0.136. The Bertz CT molecular complexity index is 394. The molecule has 1 N–H and O–H groups in total. The van der Waals surface area contributed by atoms with Crippen molar-refractivity contribution in [3.8, 4) is 0 Å². The van der Waals surface area contributed by atoms with E-state index in [2.05, 4.69) is 12.2 Å². The van der Waals surface area contributed by atoms with Gasteiger partial charge in [0.25, 0.3) is 0 Å². The zero-order valence-corrected chi connectivity index (χ0v) is 10.7. The van der Waals surface area contributed by atoms with Crippen LogP contribution < -0.4 is 5.32 Å². The molecule has 0 bridgehead atoms.